The largest absolute Gasteiger partial charge is 0.311 e. The van der Waals surface area contributed by atoms with Crippen LogP contribution in [-0.4, -0.2) is 16.3 Å². The Bertz CT molecular complexity index is 328. The van der Waals surface area contributed by atoms with E-state index in [9.17, 15) is 0 Å². The molecule has 1 atom stereocenters. The van der Waals surface area contributed by atoms with Gasteiger partial charge in [-0.25, -0.2) is 0 Å². The van der Waals surface area contributed by atoms with Crippen LogP contribution in [0.3, 0.4) is 0 Å². The van der Waals surface area contributed by atoms with E-state index >= 15 is 0 Å². The molecule has 1 saturated carbocycles. The van der Waals surface area contributed by atoms with Crippen molar-refractivity contribution in [3.8, 4) is 0 Å². The predicted molar refractivity (Wildman–Crippen MR) is 70.9 cm³/mol. The molecule has 3 heteroatoms. The van der Waals surface area contributed by atoms with Crippen LogP contribution in [0.4, 0.5) is 0 Å². The van der Waals surface area contributed by atoms with Crippen LogP contribution in [0.1, 0.15) is 57.7 Å². The van der Waals surface area contributed by atoms with E-state index in [0.29, 0.717) is 6.04 Å². The summed E-state index contributed by atoms with van der Waals surface area (Å²) in [6.45, 7) is 6.46. The fourth-order valence-electron chi connectivity index (χ4n) is 2.21. The summed E-state index contributed by atoms with van der Waals surface area (Å²) in [6, 6.07) is 2.64. The minimum Gasteiger partial charge on any atom is -0.311 e. The van der Waals surface area contributed by atoms with Gasteiger partial charge in [-0.1, -0.05) is 26.2 Å². The van der Waals surface area contributed by atoms with E-state index < -0.39 is 0 Å². The van der Waals surface area contributed by atoms with Crippen molar-refractivity contribution in [2.75, 3.05) is 6.54 Å². The summed E-state index contributed by atoms with van der Waals surface area (Å²) in [5.41, 5.74) is 1.17. The highest BCUT2D eigenvalue weighted by Crippen LogP contribution is 2.28. The number of hydrogen-bond acceptors (Lipinski definition) is 2. The maximum absolute atomic E-state index is 4.59. The van der Waals surface area contributed by atoms with Gasteiger partial charge in [0, 0.05) is 18.8 Å². The maximum Gasteiger partial charge on any atom is 0.0762 e. The van der Waals surface area contributed by atoms with Crippen LogP contribution in [0, 0.1) is 5.92 Å². The summed E-state index contributed by atoms with van der Waals surface area (Å²) >= 11 is 0. The first-order valence-electron chi connectivity index (χ1n) is 7.04. The SMILES string of the molecule is CCC(C)n1ccc(CNCCC2CCC2)n1. The zero-order valence-corrected chi connectivity index (χ0v) is 11.2. The van der Waals surface area contributed by atoms with Gasteiger partial charge in [0.2, 0.25) is 0 Å². The van der Waals surface area contributed by atoms with Gasteiger partial charge in [0.25, 0.3) is 0 Å². The van der Waals surface area contributed by atoms with Crippen molar-refractivity contribution >= 4 is 0 Å². The Kier molecular flexibility index (Phi) is 4.60. The molecule has 1 heterocycles. The maximum atomic E-state index is 4.59. The van der Waals surface area contributed by atoms with Gasteiger partial charge >= 0.3 is 0 Å². The minimum absolute atomic E-state index is 0.513. The standard InChI is InChI=1S/C14H25N3/c1-3-12(2)17-10-8-14(16-17)11-15-9-7-13-5-4-6-13/h8,10,12-13,15H,3-7,9,11H2,1-2H3. The summed E-state index contributed by atoms with van der Waals surface area (Å²) in [5, 5.41) is 8.08. The number of nitrogens with zero attached hydrogens (tertiary/aromatic N) is 2. The molecule has 2 rings (SSSR count). The molecule has 1 unspecified atom stereocenters. The van der Waals surface area contributed by atoms with Crippen LogP contribution in [0.5, 0.6) is 0 Å². The molecule has 0 saturated heterocycles. The average molecular weight is 235 g/mol. The highest BCUT2D eigenvalue weighted by atomic mass is 15.3. The molecule has 1 aliphatic rings. The Balaban J connectivity index is 1.65. The van der Waals surface area contributed by atoms with Crippen LogP contribution in [0.25, 0.3) is 0 Å². The first-order valence-corrected chi connectivity index (χ1v) is 7.04. The molecular weight excluding hydrogens is 210 g/mol. The molecule has 3 nitrogen and oxygen atoms in total. The zero-order chi connectivity index (χ0) is 12.1. The van der Waals surface area contributed by atoms with Crippen molar-refractivity contribution in [3.63, 3.8) is 0 Å². The Morgan fingerprint density at radius 2 is 2.35 bits per heavy atom. The summed E-state index contributed by atoms with van der Waals surface area (Å²) in [6.07, 6.45) is 8.91. The second-order valence-corrected chi connectivity index (χ2v) is 5.31. The van der Waals surface area contributed by atoms with Gasteiger partial charge in [0.05, 0.1) is 5.69 Å². The molecule has 0 aromatic carbocycles. The van der Waals surface area contributed by atoms with Crippen LogP contribution in [0.2, 0.25) is 0 Å². The smallest absolute Gasteiger partial charge is 0.0762 e. The van der Waals surface area contributed by atoms with Crippen molar-refractivity contribution in [2.45, 2.75) is 58.5 Å². The van der Waals surface area contributed by atoms with Crippen molar-refractivity contribution < 1.29 is 0 Å². The van der Waals surface area contributed by atoms with Gasteiger partial charge < -0.3 is 5.32 Å². The Morgan fingerprint density at radius 3 is 3.00 bits per heavy atom. The number of nitrogens with one attached hydrogen (secondary N) is 1. The molecule has 0 radical (unpaired) electrons. The molecule has 0 spiro atoms. The fraction of sp³-hybridized carbons (Fsp3) is 0.786. The third-order valence-corrected chi connectivity index (χ3v) is 3.97. The lowest BCUT2D eigenvalue weighted by atomic mass is 9.83. The van der Waals surface area contributed by atoms with E-state index in [-0.39, 0.29) is 0 Å². The number of hydrogen-bond donors (Lipinski definition) is 1. The second-order valence-electron chi connectivity index (χ2n) is 5.31. The molecule has 1 fully saturated rings. The zero-order valence-electron chi connectivity index (χ0n) is 11.2. The van der Waals surface area contributed by atoms with E-state index in [1.54, 1.807) is 0 Å². The van der Waals surface area contributed by atoms with Crippen molar-refractivity contribution in [1.82, 2.24) is 15.1 Å². The van der Waals surface area contributed by atoms with E-state index in [0.717, 1.165) is 25.4 Å². The molecular formula is C14H25N3. The molecule has 96 valence electrons. The van der Waals surface area contributed by atoms with Gasteiger partial charge in [0.1, 0.15) is 0 Å². The van der Waals surface area contributed by atoms with Gasteiger partial charge in [-0.2, -0.15) is 5.10 Å². The molecule has 1 aromatic rings. The summed E-state index contributed by atoms with van der Waals surface area (Å²) in [7, 11) is 0. The first kappa shape index (κ1) is 12.6. The lowest BCUT2D eigenvalue weighted by Gasteiger charge is -2.25. The minimum atomic E-state index is 0.513. The molecule has 1 aliphatic carbocycles. The van der Waals surface area contributed by atoms with Crippen LogP contribution in [0.15, 0.2) is 12.3 Å². The normalized spacial score (nSPS) is 18.0. The third kappa shape index (κ3) is 3.56. The third-order valence-electron chi connectivity index (χ3n) is 3.97. The average Bonchev–Trinajstić information content (AvgIpc) is 2.74. The Morgan fingerprint density at radius 1 is 1.53 bits per heavy atom. The number of aromatic nitrogens is 2. The number of rotatable bonds is 7. The highest BCUT2D eigenvalue weighted by Gasteiger charge is 2.16. The molecule has 1 N–H and O–H groups in total. The monoisotopic (exact) mass is 235 g/mol. The molecule has 0 bridgehead atoms. The van der Waals surface area contributed by atoms with Crippen molar-refractivity contribution in [1.29, 1.82) is 0 Å². The Labute approximate surface area is 105 Å². The lowest BCUT2D eigenvalue weighted by Crippen LogP contribution is -2.21. The van der Waals surface area contributed by atoms with E-state index in [2.05, 4.69) is 41.2 Å². The fourth-order valence-corrected chi connectivity index (χ4v) is 2.21. The summed E-state index contributed by atoms with van der Waals surface area (Å²) in [4.78, 5) is 0. The van der Waals surface area contributed by atoms with Gasteiger partial charge in [0.15, 0.2) is 0 Å². The second kappa shape index (κ2) is 6.20. The van der Waals surface area contributed by atoms with Gasteiger partial charge in [-0.15, -0.1) is 0 Å². The summed E-state index contributed by atoms with van der Waals surface area (Å²) in [5.74, 6) is 1.00. The van der Waals surface area contributed by atoms with Gasteiger partial charge in [-0.05, 0) is 38.3 Å². The van der Waals surface area contributed by atoms with Crippen molar-refractivity contribution in [2.24, 2.45) is 5.92 Å². The summed E-state index contributed by atoms with van der Waals surface area (Å²) < 4.78 is 2.07. The molecule has 1 aromatic heterocycles. The van der Waals surface area contributed by atoms with Gasteiger partial charge in [-0.3, -0.25) is 4.68 Å². The molecule has 17 heavy (non-hydrogen) atoms. The molecule has 0 aliphatic heterocycles. The lowest BCUT2D eigenvalue weighted by molar-refractivity contribution is 0.292. The topological polar surface area (TPSA) is 29.9 Å². The van der Waals surface area contributed by atoms with Crippen LogP contribution in [-0.2, 0) is 6.54 Å². The van der Waals surface area contributed by atoms with Crippen molar-refractivity contribution in [3.05, 3.63) is 18.0 Å². The first-order chi connectivity index (χ1) is 8.29. The van der Waals surface area contributed by atoms with Crippen LogP contribution < -0.4 is 5.32 Å². The molecule has 0 amide bonds. The van der Waals surface area contributed by atoms with Crippen LogP contribution >= 0.6 is 0 Å². The predicted octanol–water partition coefficient (Wildman–Crippen LogP) is 3.13. The van der Waals surface area contributed by atoms with E-state index in [1.807, 2.05) is 0 Å². The highest BCUT2D eigenvalue weighted by molar-refractivity contribution is 4.99. The quantitative estimate of drug-likeness (QED) is 0.736. The van der Waals surface area contributed by atoms with E-state index in [1.165, 1.54) is 31.4 Å². The Hall–Kier alpha value is -0.830. The van der Waals surface area contributed by atoms with E-state index in [4.69, 9.17) is 0 Å².